The van der Waals surface area contributed by atoms with Crippen LogP contribution in [-0.2, 0) is 14.4 Å². The van der Waals surface area contributed by atoms with Crippen molar-refractivity contribution in [3.05, 3.63) is 95.3 Å². The van der Waals surface area contributed by atoms with Gasteiger partial charge in [-0.3, -0.25) is 14.4 Å². The predicted octanol–water partition coefficient (Wildman–Crippen LogP) is 4.53. The first-order chi connectivity index (χ1) is 14.5. The Labute approximate surface area is 177 Å². The van der Waals surface area contributed by atoms with Crippen LogP contribution in [0.5, 0.6) is 0 Å². The lowest BCUT2D eigenvalue weighted by molar-refractivity contribution is -0.126. The van der Waals surface area contributed by atoms with E-state index in [1.54, 1.807) is 65.7 Å². The first-order valence-corrected chi connectivity index (χ1v) is 9.82. The van der Waals surface area contributed by atoms with Crippen LogP contribution in [0.1, 0.15) is 11.6 Å². The maximum atomic E-state index is 13.5. The largest absolute Gasteiger partial charge is 0.273 e. The second-order valence-corrected chi connectivity index (χ2v) is 7.63. The lowest BCUT2D eigenvalue weighted by Crippen LogP contribution is -2.37. The maximum absolute atomic E-state index is 13.5. The molecule has 3 aromatic rings. The fourth-order valence-corrected chi connectivity index (χ4v) is 4.18. The summed E-state index contributed by atoms with van der Waals surface area (Å²) in [5.41, 5.74) is 1.83. The fourth-order valence-electron chi connectivity index (χ4n) is 4.06. The lowest BCUT2D eigenvalue weighted by atomic mass is 9.90. The number of hydroxylamine groups is 1. The highest BCUT2D eigenvalue weighted by molar-refractivity contribution is 6.30. The summed E-state index contributed by atoms with van der Waals surface area (Å²) in [6, 6.07) is 21.0. The monoisotopic (exact) mass is 422 g/mol. The summed E-state index contributed by atoms with van der Waals surface area (Å²) in [4.78, 5) is 33.7. The number of rotatable bonds is 3. The molecule has 0 N–H and O–H groups in total. The molecule has 2 amide bonds. The summed E-state index contributed by atoms with van der Waals surface area (Å²) in [5, 5.41) is 2.11. The number of halogens is 2. The van der Waals surface area contributed by atoms with E-state index in [0.717, 1.165) is 0 Å². The van der Waals surface area contributed by atoms with Crippen molar-refractivity contribution in [1.82, 2.24) is 0 Å². The predicted molar refractivity (Wildman–Crippen MR) is 110 cm³/mol. The average molecular weight is 423 g/mol. The van der Waals surface area contributed by atoms with Crippen LogP contribution in [-0.4, -0.2) is 17.9 Å². The minimum absolute atomic E-state index is 0.345. The average Bonchev–Trinajstić information content (AvgIpc) is 3.26. The zero-order chi connectivity index (χ0) is 20.8. The van der Waals surface area contributed by atoms with Crippen LogP contribution < -0.4 is 9.96 Å². The van der Waals surface area contributed by atoms with E-state index >= 15 is 0 Å². The quantitative estimate of drug-likeness (QED) is 0.582. The first kappa shape index (κ1) is 18.8. The van der Waals surface area contributed by atoms with E-state index in [0.29, 0.717) is 22.0 Å². The molecule has 2 heterocycles. The van der Waals surface area contributed by atoms with E-state index in [1.165, 1.54) is 17.0 Å². The van der Waals surface area contributed by atoms with Crippen LogP contribution in [0.2, 0.25) is 5.02 Å². The van der Waals surface area contributed by atoms with E-state index in [9.17, 15) is 14.0 Å². The van der Waals surface area contributed by atoms with Gasteiger partial charge in [0.2, 0.25) is 5.91 Å². The third-order valence-electron chi connectivity index (χ3n) is 5.42. The molecule has 2 saturated heterocycles. The van der Waals surface area contributed by atoms with E-state index < -0.39 is 24.0 Å². The van der Waals surface area contributed by atoms with E-state index in [2.05, 4.69) is 0 Å². The van der Waals surface area contributed by atoms with Gasteiger partial charge < -0.3 is 0 Å². The lowest BCUT2D eigenvalue weighted by Gasteiger charge is -2.28. The molecule has 0 bridgehead atoms. The summed E-state index contributed by atoms with van der Waals surface area (Å²) in [7, 11) is 0. The molecule has 0 saturated carbocycles. The maximum Gasteiger partial charge on any atom is 0.266 e. The molecular formula is C23H16ClFN2O3. The SMILES string of the molecule is O=C1[C@H]2[C@@H](ON(c3ccc(Cl)cc3)[C@H]2c2ccc(F)cc2)C(=O)N1c1ccccc1. The number of hydrogen-bond acceptors (Lipinski definition) is 4. The molecule has 3 atom stereocenters. The van der Waals surface area contributed by atoms with Gasteiger partial charge in [0.25, 0.3) is 5.91 Å². The van der Waals surface area contributed by atoms with Gasteiger partial charge in [-0.15, -0.1) is 0 Å². The van der Waals surface area contributed by atoms with Crippen LogP contribution in [0, 0.1) is 11.7 Å². The zero-order valence-electron chi connectivity index (χ0n) is 15.6. The molecule has 0 spiro atoms. The van der Waals surface area contributed by atoms with Gasteiger partial charge in [-0.25, -0.2) is 14.4 Å². The molecule has 5 rings (SSSR count). The molecule has 0 unspecified atom stereocenters. The fraction of sp³-hybridized carbons (Fsp3) is 0.130. The molecule has 30 heavy (non-hydrogen) atoms. The second kappa shape index (κ2) is 7.23. The Balaban J connectivity index is 1.59. The van der Waals surface area contributed by atoms with Crippen LogP contribution in [0.25, 0.3) is 0 Å². The summed E-state index contributed by atoms with van der Waals surface area (Å²) in [5.74, 6) is -1.91. The highest BCUT2D eigenvalue weighted by Gasteiger charge is 2.60. The van der Waals surface area contributed by atoms with Crippen LogP contribution in [0.3, 0.4) is 0 Å². The molecule has 2 fully saturated rings. The van der Waals surface area contributed by atoms with Gasteiger partial charge in [0.15, 0.2) is 6.10 Å². The molecule has 7 heteroatoms. The molecule has 3 aromatic carbocycles. The number of hydrogen-bond donors (Lipinski definition) is 0. The Hall–Kier alpha value is -3.22. The van der Waals surface area contributed by atoms with Gasteiger partial charge in [-0.2, -0.15) is 0 Å². The van der Waals surface area contributed by atoms with E-state index in [1.807, 2.05) is 6.07 Å². The van der Waals surface area contributed by atoms with E-state index in [-0.39, 0.29) is 11.7 Å². The number of imide groups is 1. The standard InChI is InChI=1S/C23H16ClFN2O3/c24-15-8-12-18(13-9-15)27-20(14-6-10-16(25)11-7-14)19-21(30-27)23(29)26(22(19)28)17-4-2-1-3-5-17/h1-13,19-21H/t19-,20+,21-/m1/s1. The van der Waals surface area contributed by atoms with Crippen molar-refractivity contribution in [3.8, 4) is 0 Å². The molecule has 5 nitrogen and oxygen atoms in total. The minimum atomic E-state index is -0.969. The number of anilines is 2. The number of nitrogens with zero attached hydrogens (tertiary/aromatic N) is 2. The van der Waals surface area contributed by atoms with Gasteiger partial charge in [-0.1, -0.05) is 41.9 Å². The highest BCUT2D eigenvalue weighted by atomic mass is 35.5. The van der Waals surface area contributed by atoms with Crippen LogP contribution in [0.15, 0.2) is 78.9 Å². The van der Waals surface area contributed by atoms with Crippen molar-refractivity contribution >= 4 is 34.8 Å². The third-order valence-corrected chi connectivity index (χ3v) is 5.67. The third kappa shape index (κ3) is 2.96. The number of carbonyl (C=O) groups is 2. The number of fused-ring (bicyclic) bond motifs is 1. The molecule has 0 aliphatic carbocycles. The van der Waals surface area contributed by atoms with Gasteiger partial charge in [0, 0.05) is 5.02 Å². The van der Waals surface area contributed by atoms with E-state index in [4.69, 9.17) is 16.4 Å². The Bertz CT molecular complexity index is 1110. The van der Waals surface area contributed by atoms with Gasteiger partial charge >= 0.3 is 0 Å². The van der Waals surface area contributed by atoms with Gasteiger partial charge in [-0.05, 0) is 54.1 Å². The summed E-state index contributed by atoms with van der Waals surface area (Å²) < 4.78 is 13.5. The molecule has 150 valence electrons. The molecular weight excluding hydrogens is 407 g/mol. The summed E-state index contributed by atoms with van der Waals surface area (Å²) in [6.07, 6.45) is -0.969. The Morgan fingerprint density at radius 1 is 0.800 bits per heavy atom. The van der Waals surface area contributed by atoms with Gasteiger partial charge in [0.05, 0.1) is 17.4 Å². The van der Waals surface area contributed by atoms with Crippen molar-refractivity contribution in [1.29, 1.82) is 0 Å². The molecule has 2 aliphatic heterocycles. The minimum Gasteiger partial charge on any atom is -0.273 e. The van der Waals surface area contributed by atoms with Crippen molar-refractivity contribution in [2.45, 2.75) is 12.1 Å². The van der Waals surface area contributed by atoms with Crippen LogP contribution >= 0.6 is 11.6 Å². The Morgan fingerprint density at radius 2 is 1.47 bits per heavy atom. The second-order valence-electron chi connectivity index (χ2n) is 7.20. The topological polar surface area (TPSA) is 49.9 Å². The molecule has 2 aliphatic rings. The number of carbonyl (C=O) groups excluding carboxylic acids is 2. The highest BCUT2D eigenvalue weighted by Crippen LogP contribution is 2.47. The Kier molecular flexibility index (Phi) is 4.53. The molecule has 0 radical (unpaired) electrons. The Morgan fingerprint density at radius 3 is 2.13 bits per heavy atom. The summed E-state index contributed by atoms with van der Waals surface area (Å²) in [6.45, 7) is 0. The van der Waals surface area contributed by atoms with Gasteiger partial charge in [0.1, 0.15) is 11.7 Å². The van der Waals surface area contributed by atoms with Crippen molar-refractivity contribution in [2.75, 3.05) is 9.96 Å². The smallest absolute Gasteiger partial charge is 0.266 e. The zero-order valence-corrected chi connectivity index (χ0v) is 16.4. The molecule has 0 aromatic heterocycles. The van der Waals surface area contributed by atoms with Crippen molar-refractivity contribution in [3.63, 3.8) is 0 Å². The normalized spacial score (nSPS) is 23.2. The first-order valence-electron chi connectivity index (χ1n) is 9.44. The number of amides is 2. The number of para-hydroxylation sites is 1. The van der Waals surface area contributed by atoms with Crippen LogP contribution in [0.4, 0.5) is 15.8 Å². The summed E-state index contributed by atoms with van der Waals surface area (Å²) >= 11 is 6.00. The van der Waals surface area contributed by atoms with Crippen molar-refractivity contribution < 1.29 is 18.8 Å². The van der Waals surface area contributed by atoms with Crippen molar-refractivity contribution in [2.24, 2.45) is 5.92 Å². The number of benzene rings is 3.